The number of ether oxygens (including phenoxy) is 2. The van der Waals surface area contributed by atoms with Crippen LogP contribution in [0.1, 0.15) is 11.4 Å². The lowest BCUT2D eigenvalue weighted by Crippen LogP contribution is -2.19. The van der Waals surface area contributed by atoms with Gasteiger partial charge >= 0.3 is 6.03 Å². The van der Waals surface area contributed by atoms with Crippen molar-refractivity contribution in [2.75, 3.05) is 28.1 Å². The Morgan fingerprint density at radius 1 is 0.686 bits per heavy atom. The Labute approximate surface area is 202 Å². The maximum absolute atomic E-state index is 12.4. The molecule has 0 spiro atoms. The summed E-state index contributed by atoms with van der Waals surface area (Å²) >= 11 is 0. The minimum atomic E-state index is -0.358. The van der Waals surface area contributed by atoms with E-state index >= 15 is 0 Å². The molecule has 0 radical (unpaired) electrons. The molecule has 4 aromatic rings. The molecule has 3 aromatic carbocycles. The Kier molecular flexibility index (Phi) is 6.04. The molecule has 176 valence electrons. The molecule has 9 nitrogen and oxygen atoms in total. The van der Waals surface area contributed by atoms with Crippen LogP contribution in [0.15, 0.2) is 72.8 Å². The zero-order chi connectivity index (χ0) is 24.2. The third kappa shape index (κ3) is 5.59. The lowest BCUT2D eigenvalue weighted by molar-refractivity contribution is 0.174. The molecule has 5 rings (SSSR count). The lowest BCUT2D eigenvalue weighted by atomic mass is 10.2. The molecule has 2 amide bonds. The Morgan fingerprint density at radius 2 is 1.23 bits per heavy atom. The molecule has 9 heteroatoms. The number of carbonyl (C=O) groups is 1. The molecule has 1 aliphatic heterocycles. The Morgan fingerprint density at radius 3 is 1.91 bits per heavy atom. The number of aromatic nitrogens is 2. The van der Waals surface area contributed by atoms with E-state index in [1.54, 1.807) is 30.3 Å². The van der Waals surface area contributed by atoms with Crippen LogP contribution in [0.3, 0.4) is 0 Å². The highest BCUT2D eigenvalue weighted by Gasteiger charge is 2.14. The van der Waals surface area contributed by atoms with Crippen molar-refractivity contribution in [3.05, 3.63) is 84.2 Å². The molecule has 1 aliphatic rings. The number of hydrogen-bond acceptors (Lipinski definition) is 7. The number of hydrogen-bond donors (Lipinski definition) is 4. The normalized spacial score (nSPS) is 11.6. The summed E-state index contributed by atoms with van der Waals surface area (Å²) in [5.74, 6) is 3.27. The molecular formula is C26H24N6O3. The van der Waals surface area contributed by atoms with Crippen molar-refractivity contribution >= 4 is 40.4 Å². The minimum Gasteiger partial charge on any atom is -0.454 e. The molecular weight excluding hydrogens is 444 g/mol. The van der Waals surface area contributed by atoms with Gasteiger partial charge in [-0.1, -0.05) is 17.7 Å². The first kappa shape index (κ1) is 22.0. The summed E-state index contributed by atoms with van der Waals surface area (Å²) in [4.78, 5) is 21.3. The van der Waals surface area contributed by atoms with Gasteiger partial charge in [0.2, 0.25) is 6.79 Å². The van der Waals surface area contributed by atoms with Crippen LogP contribution in [0.4, 0.5) is 39.2 Å². The second-order valence-electron chi connectivity index (χ2n) is 8.03. The van der Waals surface area contributed by atoms with E-state index in [1.807, 2.05) is 56.3 Å². The SMILES string of the molecule is Cc1ccc(Nc2cc(Nc3ccc(NC(=O)Nc4ccc5c(c4)OCO5)cc3)nc(C)n2)cc1. The average molecular weight is 469 g/mol. The van der Waals surface area contributed by atoms with Crippen LogP contribution < -0.4 is 30.7 Å². The Balaban J connectivity index is 1.20. The molecule has 0 bridgehead atoms. The van der Waals surface area contributed by atoms with Crippen LogP contribution in [-0.2, 0) is 0 Å². The fraction of sp³-hybridized carbons (Fsp3) is 0.115. The molecule has 2 heterocycles. The number of urea groups is 1. The summed E-state index contributed by atoms with van der Waals surface area (Å²) in [5.41, 5.74) is 4.23. The first-order valence-corrected chi connectivity index (χ1v) is 11.0. The molecule has 0 saturated carbocycles. The van der Waals surface area contributed by atoms with Crippen LogP contribution in [-0.4, -0.2) is 22.8 Å². The maximum Gasteiger partial charge on any atom is 0.323 e. The van der Waals surface area contributed by atoms with E-state index in [0.29, 0.717) is 40.3 Å². The maximum atomic E-state index is 12.4. The number of amides is 2. The molecule has 0 atom stereocenters. The second-order valence-corrected chi connectivity index (χ2v) is 8.03. The monoisotopic (exact) mass is 468 g/mol. The van der Waals surface area contributed by atoms with Crippen LogP contribution in [0.5, 0.6) is 11.5 Å². The molecule has 35 heavy (non-hydrogen) atoms. The largest absolute Gasteiger partial charge is 0.454 e. The molecule has 4 N–H and O–H groups in total. The van der Waals surface area contributed by atoms with Crippen molar-refractivity contribution in [1.29, 1.82) is 0 Å². The van der Waals surface area contributed by atoms with Gasteiger partial charge in [0, 0.05) is 34.9 Å². The van der Waals surface area contributed by atoms with Crippen molar-refractivity contribution in [1.82, 2.24) is 9.97 Å². The van der Waals surface area contributed by atoms with E-state index in [1.165, 1.54) is 5.56 Å². The van der Waals surface area contributed by atoms with Gasteiger partial charge in [0.15, 0.2) is 11.5 Å². The summed E-state index contributed by atoms with van der Waals surface area (Å²) in [6.07, 6.45) is 0. The fourth-order valence-electron chi connectivity index (χ4n) is 3.53. The molecule has 1 aromatic heterocycles. The first-order valence-electron chi connectivity index (χ1n) is 11.0. The van der Waals surface area contributed by atoms with Crippen molar-refractivity contribution < 1.29 is 14.3 Å². The fourth-order valence-corrected chi connectivity index (χ4v) is 3.53. The highest BCUT2D eigenvalue weighted by Crippen LogP contribution is 2.34. The number of aryl methyl sites for hydroxylation is 2. The smallest absolute Gasteiger partial charge is 0.323 e. The number of anilines is 6. The first-order chi connectivity index (χ1) is 17.0. The topological polar surface area (TPSA) is 109 Å². The zero-order valence-corrected chi connectivity index (χ0v) is 19.3. The zero-order valence-electron chi connectivity index (χ0n) is 19.3. The van der Waals surface area contributed by atoms with E-state index in [-0.39, 0.29) is 12.8 Å². The van der Waals surface area contributed by atoms with Crippen LogP contribution >= 0.6 is 0 Å². The number of benzene rings is 3. The van der Waals surface area contributed by atoms with Gasteiger partial charge in [-0.2, -0.15) is 0 Å². The van der Waals surface area contributed by atoms with Crippen LogP contribution in [0.2, 0.25) is 0 Å². The minimum absolute atomic E-state index is 0.185. The van der Waals surface area contributed by atoms with E-state index in [9.17, 15) is 4.79 Å². The van der Waals surface area contributed by atoms with E-state index in [0.717, 1.165) is 11.4 Å². The van der Waals surface area contributed by atoms with Gasteiger partial charge in [0.1, 0.15) is 17.5 Å². The van der Waals surface area contributed by atoms with Crippen molar-refractivity contribution in [2.45, 2.75) is 13.8 Å². The van der Waals surface area contributed by atoms with Gasteiger partial charge in [-0.3, -0.25) is 0 Å². The highest BCUT2D eigenvalue weighted by molar-refractivity contribution is 6.00. The molecule has 0 fully saturated rings. The number of rotatable bonds is 6. The average Bonchev–Trinajstić information content (AvgIpc) is 3.29. The lowest BCUT2D eigenvalue weighted by Gasteiger charge is -2.12. The molecule has 0 unspecified atom stereocenters. The number of carbonyl (C=O) groups excluding carboxylic acids is 1. The van der Waals surface area contributed by atoms with E-state index < -0.39 is 0 Å². The van der Waals surface area contributed by atoms with Gasteiger partial charge < -0.3 is 30.7 Å². The van der Waals surface area contributed by atoms with Gasteiger partial charge in [-0.25, -0.2) is 14.8 Å². The van der Waals surface area contributed by atoms with Crippen LogP contribution in [0, 0.1) is 13.8 Å². The second kappa shape index (κ2) is 9.60. The quantitative estimate of drug-likeness (QED) is 0.277. The van der Waals surface area contributed by atoms with E-state index in [2.05, 4.69) is 31.2 Å². The standard InChI is InChI=1S/C26H24N6O3/c1-16-3-5-18(6-4-16)29-24-14-25(28-17(2)27-24)30-19-7-9-20(10-8-19)31-26(33)32-21-11-12-22-23(13-21)35-15-34-22/h3-14H,15H2,1-2H3,(H2,31,32,33)(H2,27,28,29,30). The predicted molar refractivity (Wildman–Crippen MR) is 136 cm³/mol. The third-order valence-electron chi connectivity index (χ3n) is 5.21. The summed E-state index contributed by atoms with van der Waals surface area (Å²) in [6.45, 7) is 4.08. The Bertz CT molecular complexity index is 1360. The van der Waals surface area contributed by atoms with Gasteiger partial charge in [0.05, 0.1) is 0 Å². The number of nitrogens with zero attached hydrogens (tertiary/aromatic N) is 2. The van der Waals surface area contributed by atoms with Gasteiger partial charge in [-0.05, 0) is 62.4 Å². The van der Waals surface area contributed by atoms with Gasteiger partial charge in [0.25, 0.3) is 0 Å². The van der Waals surface area contributed by atoms with Crippen molar-refractivity contribution in [3.63, 3.8) is 0 Å². The summed E-state index contributed by atoms with van der Waals surface area (Å²) in [5, 5.41) is 12.2. The highest BCUT2D eigenvalue weighted by atomic mass is 16.7. The Hall–Kier alpha value is -4.79. The third-order valence-corrected chi connectivity index (χ3v) is 5.21. The summed E-state index contributed by atoms with van der Waals surface area (Å²) in [6, 6.07) is 22.2. The van der Waals surface area contributed by atoms with Crippen molar-refractivity contribution in [2.24, 2.45) is 0 Å². The predicted octanol–water partition coefficient (Wildman–Crippen LogP) is 5.95. The number of fused-ring (bicyclic) bond motifs is 1. The molecule has 0 saturated heterocycles. The van der Waals surface area contributed by atoms with Crippen molar-refractivity contribution in [3.8, 4) is 11.5 Å². The summed E-state index contributed by atoms with van der Waals surface area (Å²) in [7, 11) is 0. The van der Waals surface area contributed by atoms with E-state index in [4.69, 9.17) is 9.47 Å². The van der Waals surface area contributed by atoms with Crippen LogP contribution in [0.25, 0.3) is 0 Å². The van der Waals surface area contributed by atoms with Gasteiger partial charge in [-0.15, -0.1) is 0 Å². The number of nitrogens with one attached hydrogen (secondary N) is 4. The summed E-state index contributed by atoms with van der Waals surface area (Å²) < 4.78 is 10.6. The molecule has 0 aliphatic carbocycles.